The van der Waals surface area contributed by atoms with Gasteiger partial charge >= 0.3 is 0 Å². The molecule has 1 aliphatic rings. The number of nitrogens with zero attached hydrogens (tertiary/aromatic N) is 9. The fourth-order valence-corrected chi connectivity index (χ4v) is 3.43. The Balaban J connectivity index is 1.81. The second-order valence-corrected chi connectivity index (χ2v) is 6.06. The van der Waals surface area contributed by atoms with Crippen molar-refractivity contribution in [2.75, 3.05) is 4.90 Å². The van der Waals surface area contributed by atoms with Crippen LogP contribution in [0.25, 0.3) is 11.6 Å². The highest BCUT2D eigenvalue weighted by Gasteiger charge is 2.36. The van der Waals surface area contributed by atoms with E-state index in [2.05, 4.69) is 42.2 Å². The minimum atomic E-state index is -0.00691. The van der Waals surface area contributed by atoms with Crippen molar-refractivity contribution in [2.24, 2.45) is 0 Å². The Morgan fingerprint density at radius 3 is 2.88 bits per heavy atom. The smallest absolute Gasteiger partial charge is 0.237 e. The molecule has 0 fully saturated rings. The number of nitrogens with one attached hydrogen (secondary N) is 1. The van der Waals surface area contributed by atoms with Gasteiger partial charge < -0.3 is 4.90 Å². The van der Waals surface area contributed by atoms with Gasteiger partial charge in [0, 0.05) is 18.6 Å². The maximum absolute atomic E-state index is 4.85. The summed E-state index contributed by atoms with van der Waals surface area (Å²) in [5.74, 6) is 2.23. The van der Waals surface area contributed by atoms with E-state index in [9.17, 15) is 0 Å². The van der Waals surface area contributed by atoms with Gasteiger partial charge in [0.2, 0.25) is 5.95 Å². The summed E-state index contributed by atoms with van der Waals surface area (Å²) in [5.41, 5.74) is 2.63. The molecule has 0 aromatic carbocycles. The second kappa shape index (κ2) is 5.48. The molecular weight excluding hydrogens is 332 g/mol. The lowest BCUT2D eigenvalue weighted by atomic mass is 10.1. The van der Waals surface area contributed by atoms with Crippen molar-refractivity contribution in [3.63, 3.8) is 0 Å². The van der Waals surface area contributed by atoms with E-state index in [-0.39, 0.29) is 6.04 Å². The van der Waals surface area contributed by atoms with E-state index in [1.807, 2.05) is 23.9 Å². The highest BCUT2D eigenvalue weighted by molar-refractivity contribution is 5.72. The molecule has 130 valence electrons. The molecule has 0 radical (unpaired) electrons. The summed E-state index contributed by atoms with van der Waals surface area (Å²) in [7, 11) is 0. The second-order valence-electron chi connectivity index (χ2n) is 6.06. The molecule has 5 heterocycles. The first-order chi connectivity index (χ1) is 12.8. The Hall–Kier alpha value is -3.56. The lowest BCUT2D eigenvalue weighted by Gasteiger charge is -2.36. The normalized spacial score (nSPS) is 15.8. The van der Waals surface area contributed by atoms with Crippen LogP contribution in [0.5, 0.6) is 0 Å². The molecule has 1 aliphatic heterocycles. The van der Waals surface area contributed by atoms with E-state index in [1.165, 1.54) is 0 Å². The minimum absolute atomic E-state index is 0.00691. The third-order valence-corrected chi connectivity index (χ3v) is 4.57. The summed E-state index contributed by atoms with van der Waals surface area (Å²) in [6.07, 6.45) is 11.4. The molecule has 0 aliphatic carbocycles. The van der Waals surface area contributed by atoms with Crippen LogP contribution in [0.15, 0.2) is 37.4 Å². The van der Waals surface area contributed by atoms with Crippen LogP contribution in [0.4, 0.5) is 11.5 Å². The van der Waals surface area contributed by atoms with Crippen molar-refractivity contribution in [3.05, 3.63) is 49.0 Å². The predicted molar refractivity (Wildman–Crippen MR) is 92.6 cm³/mol. The lowest BCUT2D eigenvalue weighted by Crippen LogP contribution is -2.33. The van der Waals surface area contributed by atoms with E-state index in [4.69, 9.17) is 4.98 Å². The third-order valence-electron chi connectivity index (χ3n) is 4.57. The van der Waals surface area contributed by atoms with Crippen molar-refractivity contribution >= 4 is 11.5 Å². The van der Waals surface area contributed by atoms with E-state index in [0.29, 0.717) is 5.95 Å². The van der Waals surface area contributed by atoms with Crippen LogP contribution in [-0.2, 0) is 0 Å². The Bertz CT molecular complexity index is 1050. The number of anilines is 2. The summed E-state index contributed by atoms with van der Waals surface area (Å²) in [6.45, 7) is 4.08. The summed E-state index contributed by atoms with van der Waals surface area (Å²) < 4.78 is 3.77. The van der Waals surface area contributed by atoms with Crippen LogP contribution in [0.3, 0.4) is 0 Å². The fourth-order valence-electron chi connectivity index (χ4n) is 3.43. The van der Waals surface area contributed by atoms with Crippen LogP contribution < -0.4 is 4.90 Å². The van der Waals surface area contributed by atoms with Crippen LogP contribution >= 0.6 is 0 Å². The molecule has 26 heavy (non-hydrogen) atoms. The van der Waals surface area contributed by atoms with Gasteiger partial charge in [0.15, 0.2) is 11.6 Å². The highest BCUT2D eigenvalue weighted by Crippen LogP contribution is 2.43. The van der Waals surface area contributed by atoms with Gasteiger partial charge in [0.05, 0.1) is 23.6 Å². The minimum Gasteiger partial charge on any atom is -0.311 e. The highest BCUT2D eigenvalue weighted by atomic mass is 15.4. The first-order valence-corrected chi connectivity index (χ1v) is 8.33. The quantitative estimate of drug-likeness (QED) is 0.602. The van der Waals surface area contributed by atoms with Gasteiger partial charge in [0.25, 0.3) is 0 Å². The maximum Gasteiger partial charge on any atom is 0.237 e. The topological polar surface area (TPSA) is 106 Å². The molecule has 0 bridgehead atoms. The number of hydrogen-bond donors (Lipinski definition) is 1. The molecule has 0 saturated carbocycles. The first kappa shape index (κ1) is 14.8. The molecule has 0 spiro atoms. The number of fused-ring (bicyclic) bond motifs is 3. The van der Waals surface area contributed by atoms with Gasteiger partial charge in [-0.1, -0.05) is 6.92 Å². The molecular formula is C16H16N10. The molecule has 5 rings (SSSR count). The molecule has 0 saturated heterocycles. The number of imidazole rings is 1. The average Bonchev–Trinajstić information content (AvgIpc) is 3.41. The summed E-state index contributed by atoms with van der Waals surface area (Å²) in [6, 6.07) is -0.00691. The molecule has 0 amide bonds. The van der Waals surface area contributed by atoms with Crippen LogP contribution in [0, 0.1) is 6.92 Å². The van der Waals surface area contributed by atoms with Gasteiger partial charge in [-0.15, -0.1) is 10.2 Å². The Kier molecular flexibility index (Phi) is 3.11. The zero-order chi connectivity index (χ0) is 17.7. The summed E-state index contributed by atoms with van der Waals surface area (Å²) >= 11 is 0. The first-order valence-electron chi connectivity index (χ1n) is 8.33. The van der Waals surface area contributed by atoms with Crippen molar-refractivity contribution in [1.29, 1.82) is 0 Å². The van der Waals surface area contributed by atoms with Gasteiger partial charge in [-0.25, -0.2) is 9.97 Å². The van der Waals surface area contributed by atoms with E-state index in [0.717, 1.165) is 35.1 Å². The average molecular weight is 348 g/mol. The zero-order valence-electron chi connectivity index (χ0n) is 14.3. The number of rotatable bonds is 3. The Labute approximate surface area is 148 Å². The van der Waals surface area contributed by atoms with Gasteiger partial charge in [-0.2, -0.15) is 10.1 Å². The molecule has 4 aromatic heterocycles. The lowest BCUT2D eigenvalue weighted by molar-refractivity contribution is 0.587. The molecule has 1 N–H and O–H groups in total. The van der Waals surface area contributed by atoms with Gasteiger partial charge in [0.1, 0.15) is 18.3 Å². The maximum atomic E-state index is 4.85. The number of aromatic amines is 1. The van der Waals surface area contributed by atoms with E-state index >= 15 is 0 Å². The Morgan fingerprint density at radius 2 is 2.15 bits per heavy atom. The summed E-state index contributed by atoms with van der Waals surface area (Å²) in [5, 5.41) is 15.5. The monoisotopic (exact) mass is 348 g/mol. The largest absolute Gasteiger partial charge is 0.311 e. The van der Waals surface area contributed by atoms with Crippen LogP contribution in [0.2, 0.25) is 0 Å². The molecule has 10 heteroatoms. The van der Waals surface area contributed by atoms with Gasteiger partial charge in [-0.05, 0) is 13.3 Å². The fraction of sp³-hybridized carbons (Fsp3) is 0.250. The van der Waals surface area contributed by atoms with Crippen molar-refractivity contribution in [2.45, 2.75) is 26.3 Å². The number of aromatic nitrogens is 9. The van der Waals surface area contributed by atoms with Crippen molar-refractivity contribution in [1.82, 2.24) is 44.5 Å². The number of aryl methyl sites for hydroxylation is 1. The van der Waals surface area contributed by atoms with Crippen LogP contribution in [-0.4, -0.2) is 44.5 Å². The third kappa shape index (κ3) is 1.98. The standard InChI is InChI=1S/C16H16N10/c1-3-12-14-23-20-9-25(14)13-10(2)21-16(24-5-4-17-8-24)22-15(13)26(12)11-6-18-19-7-11/h4-9,12H,3H2,1-2H3,(H,18,19). The Morgan fingerprint density at radius 1 is 1.23 bits per heavy atom. The van der Waals surface area contributed by atoms with E-state index < -0.39 is 0 Å². The predicted octanol–water partition coefficient (Wildman–Crippen LogP) is 1.88. The van der Waals surface area contributed by atoms with Crippen molar-refractivity contribution in [3.8, 4) is 11.6 Å². The SMILES string of the molecule is CCC1c2nncn2-c2c(C)nc(-n3ccnc3)nc2N1c1cn[nH]c1. The van der Waals surface area contributed by atoms with Crippen molar-refractivity contribution < 1.29 is 0 Å². The van der Waals surface area contributed by atoms with Gasteiger partial charge in [-0.3, -0.25) is 14.2 Å². The van der Waals surface area contributed by atoms with Crippen LogP contribution in [0.1, 0.15) is 30.9 Å². The van der Waals surface area contributed by atoms with E-state index in [1.54, 1.807) is 29.6 Å². The molecule has 1 atom stereocenters. The number of H-pyrrole nitrogens is 1. The number of hydrogen-bond acceptors (Lipinski definition) is 7. The summed E-state index contributed by atoms with van der Waals surface area (Å²) in [4.78, 5) is 15.7. The molecule has 1 unspecified atom stereocenters. The zero-order valence-corrected chi connectivity index (χ0v) is 14.3. The molecule has 10 nitrogen and oxygen atoms in total. The molecule has 4 aromatic rings.